The second-order valence-corrected chi connectivity index (χ2v) is 10.2. The highest BCUT2D eigenvalue weighted by atomic mass is 16.2. The zero-order valence-electron chi connectivity index (χ0n) is 20.4. The van der Waals surface area contributed by atoms with Crippen molar-refractivity contribution in [1.29, 1.82) is 0 Å². The molecular formula is C27H29N3O5. The molecule has 8 heteroatoms. The number of carbonyl (C=O) groups is 5. The maximum absolute atomic E-state index is 13.0. The fraction of sp³-hybridized carbons (Fsp3) is 0.370. The number of ketones is 1. The van der Waals surface area contributed by atoms with Gasteiger partial charge < -0.3 is 9.80 Å². The van der Waals surface area contributed by atoms with E-state index < -0.39 is 23.6 Å². The van der Waals surface area contributed by atoms with E-state index in [4.69, 9.17) is 0 Å². The van der Waals surface area contributed by atoms with Gasteiger partial charge in [0, 0.05) is 37.7 Å². The molecule has 0 aromatic heterocycles. The number of likely N-dealkylation sites (N-methyl/N-ethyl adjacent to an activating group) is 1. The normalized spacial score (nSPS) is 17.8. The maximum Gasteiger partial charge on any atom is 0.294 e. The van der Waals surface area contributed by atoms with Gasteiger partial charge in [-0.15, -0.1) is 0 Å². The summed E-state index contributed by atoms with van der Waals surface area (Å²) in [5.74, 6) is -2.33. The first-order valence-electron chi connectivity index (χ1n) is 11.6. The maximum atomic E-state index is 13.0. The summed E-state index contributed by atoms with van der Waals surface area (Å²) in [7, 11) is 1.55. The molecule has 182 valence electrons. The molecule has 0 bridgehead atoms. The van der Waals surface area contributed by atoms with E-state index in [-0.39, 0.29) is 43.2 Å². The van der Waals surface area contributed by atoms with Crippen LogP contribution < -0.4 is 5.32 Å². The summed E-state index contributed by atoms with van der Waals surface area (Å²) >= 11 is 0. The zero-order valence-corrected chi connectivity index (χ0v) is 20.4. The molecule has 0 radical (unpaired) electrons. The highest BCUT2D eigenvalue weighted by Crippen LogP contribution is 2.30. The number of nitrogens with zero attached hydrogens (tertiary/aromatic N) is 2. The molecule has 1 fully saturated rings. The van der Waals surface area contributed by atoms with Crippen molar-refractivity contribution in [2.24, 2.45) is 0 Å². The molecule has 2 aromatic carbocycles. The number of Topliss-reactive ketones (excluding diaryl/α,β-unsaturated/α-hetero) is 1. The lowest BCUT2D eigenvalue weighted by Gasteiger charge is -2.29. The van der Waals surface area contributed by atoms with Crippen molar-refractivity contribution in [3.05, 3.63) is 70.3 Å². The summed E-state index contributed by atoms with van der Waals surface area (Å²) in [6.07, 6.45) is 0.458. The van der Waals surface area contributed by atoms with Gasteiger partial charge in [-0.1, -0.05) is 57.2 Å². The zero-order chi connectivity index (χ0) is 25.5. The summed E-state index contributed by atoms with van der Waals surface area (Å²) in [6, 6.07) is 11.6. The molecule has 35 heavy (non-hydrogen) atoms. The number of fused-ring (bicyclic) bond motifs is 1. The van der Waals surface area contributed by atoms with Gasteiger partial charge in [0.2, 0.25) is 17.6 Å². The molecule has 0 spiro atoms. The lowest BCUT2D eigenvalue weighted by atomic mass is 9.86. The van der Waals surface area contributed by atoms with Crippen molar-refractivity contribution in [1.82, 2.24) is 15.1 Å². The number of rotatable bonds is 5. The third-order valence-corrected chi connectivity index (χ3v) is 6.64. The van der Waals surface area contributed by atoms with Crippen LogP contribution >= 0.6 is 0 Å². The second kappa shape index (κ2) is 9.09. The van der Waals surface area contributed by atoms with Crippen LogP contribution in [0.5, 0.6) is 0 Å². The minimum absolute atomic E-state index is 0.0603. The molecule has 4 amide bonds. The molecule has 1 atom stereocenters. The standard InChI is InChI=1S/C27H29N3O5/c1-27(2,3)18-10-8-16(9-11-18)23(32)26(35)29(4)14-17-6-5-7-19-20(17)15-30(25(19)34)21-12-13-22(31)28-24(21)33/h5-11,21H,12-15H2,1-4H3,(H,28,31,33). The molecule has 4 rings (SSSR count). The topological polar surface area (TPSA) is 104 Å². The Balaban J connectivity index is 1.49. The Morgan fingerprint density at radius 1 is 1.06 bits per heavy atom. The van der Waals surface area contributed by atoms with E-state index >= 15 is 0 Å². The minimum atomic E-state index is -0.711. The van der Waals surface area contributed by atoms with Crippen LogP contribution in [0.1, 0.15) is 71.0 Å². The summed E-state index contributed by atoms with van der Waals surface area (Å²) < 4.78 is 0. The highest BCUT2D eigenvalue weighted by Gasteiger charge is 2.40. The monoisotopic (exact) mass is 475 g/mol. The van der Waals surface area contributed by atoms with Crippen LogP contribution in [0.15, 0.2) is 42.5 Å². The van der Waals surface area contributed by atoms with E-state index in [0.29, 0.717) is 11.1 Å². The molecule has 0 aliphatic carbocycles. The van der Waals surface area contributed by atoms with Gasteiger partial charge in [0.1, 0.15) is 6.04 Å². The Labute approximate surface area is 204 Å². The predicted octanol–water partition coefficient (Wildman–Crippen LogP) is 2.59. The number of amides is 4. The molecule has 8 nitrogen and oxygen atoms in total. The number of benzene rings is 2. The van der Waals surface area contributed by atoms with E-state index in [9.17, 15) is 24.0 Å². The highest BCUT2D eigenvalue weighted by molar-refractivity contribution is 6.42. The molecule has 2 aromatic rings. The first-order valence-corrected chi connectivity index (χ1v) is 11.6. The molecule has 1 N–H and O–H groups in total. The van der Waals surface area contributed by atoms with Gasteiger partial charge in [0.15, 0.2) is 0 Å². The summed E-state index contributed by atoms with van der Waals surface area (Å²) in [4.78, 5) is 65.3. The average molecular weight is 476 g/mol. The minimum Gasteiger partial charge on any atom is -0.335 e. The third kappa shape index (κ3) is 4.73. The van der Waals surface area contributed by atoms with Gasteiger partial charge in [0.25, 0.3) is 11.8 Å². The van der Waals surface area contributed by atoms with Crippen LogP contribution in [0.25, 0.3) is 0 Å². The molecular weight excluding hydrogens is 446 g/mol. The largest absolute Gasteiger partial charge is 0.335 e. The Morgan fingerprint density at radius 3 is 2.37 bits per heavy atom. The van der Waals surface area contributed by atoms with Crippen molar-refractivity contribution in [3.63, 3.8) is 0 Å². The SMILES string of the molecule is CN(Cc1cccc2c1CN(C1CCC(=O)NC1=O)C2=O)C(=O)C(=O)c1ccc(C(C)(C)C)cc1. The van der Waals surface area contributed by atoms with Crippen molar-refractivity contribution in [3.8, 4) is 0 Å². The van der Waals surface area contributed by atoms with Crippen molar-refractivity contribution < 1.29 is 24.0 Å². The number of hydrogen-bond donors (Lipinski definition) is 1. The Morgan fingerprint density at radius 2 is 1.74 bits per heavy atom. The number of hydrogen-bond acceptors (Lipinski definition) is 5. The molecule has 2 aliphatic rings. The van der Waals surface area contributed by atoms with Crippen molar-refractivity contribution in [2.45, 2.75) is 58.2 Å². The Kier molecular flexibility index (Phi) is 6.32. The molecule has 0 saturated carbocycles. The Bertz CT molecular complexity index is 1230. The van der Waals surface area contributed by atoms with Crippen molar-refractivity contribution >= 4 is 29.4 Å². The molecule has 2 heterocycles. The van der Waals surface area contributed by atoms with Gasteiger partial charge in [0.05, 0.1) is 0 Å². The number of nitrogens with one attached hydrogen (secondary N) is 1. The van der Waals surface area contributed by atoms with Gasteiger partial charge in [-0.05, 0) is 34.6 Å². The van der Waals surface area contributed by atoms with Crippen LogP contribution in [0, 0.1) is 0 Å². The number of carbonyl (C=O) groups excluding carboxylic acids is 5. The fourth-order valence-electron chi connectivity index (χ4n) is 4.54. The number of imide groups is 1. The lowest BCUT2D eigenvalue weighted by Crippen LogP contribution is -2.52. The van der Waals surface area contributed by atoms with Crippen LogP contribution in [-0.4, -0.2) is 52.3 Å². The molecule has 2 aliphatic heterocycles. The quantitative estimate of drug-likeness (QED) is 0.407. The number of piperidine rings is 1. The summed E-state index contributed by atoms with van der Waals surface area (Å²) in [6.45, 7) is 6.58. The summed E-state index contributed by atoms with van der Waals surface area (Å²) in [5.41, 5.74) is 3.26. The van der Waals surface area contributed by atoms with Crippen LogP contribution in [0.2, 0.25) is 0 Å². The second-order valence-electron chi connectivity index (χ2n) is 10.2. The Hall–Kier alpha value is -3.81. The lowest BCUT2D eigenvalue weighted by molar-refractivity contribution is -0.137. The molecule has 1 saturated heterocycles. The van der Waals surface area contributed by atoms with E-state index in [1.54, 1.807) is 31.3 Å². The van der Waals surface area contributed by atoms with Gasteiger partial charge in [-0.2, -0.15) is 0 Å². The first-order chi connectivity index (χ1) is 16.5. The first kappa shape index (κ1) is 24.3. The van der Waals surface area contributed by atoms with Gasteiger partial charge >= 0.3 is 0 Å². The van der Waals surface area contributed by atoms with Crippen LogP contribution in [0.4, 0.5) is 0 Å². The fourth-order valence-corrected chi connectivity index (χ4v) is 4.54. The van der Waals surface area contributed by atoms with E-state index in [0.717, 1.165) is 16.7 Å². The van der Waals surface area contributed by atoms with Crippen LogP contribution in [0.3, 0.4) is 0 Å². The van der Waals surface area contributed by atoms with Crippen LogP contribution in [-0.2, 0) is 32.9 Å². The summed E-state index contributed by atoms with van der Waals surface area (Å²) in [5, 5.41) is 2.29. The molecule has 1 unspecified atom stereocenters. The third-order valence-electron chi connectivity index (χ3n) is 6.64. The predicted molar refractivity (Wildman–Crippen MR) is 128 cm³/mol. The smallest absolute Gasteiger partial charge is 0.294 e. The van der Waals surface area contributed by atoms with E-state index in [2.05, 4.69) is 26.1 Å². The van der Waals surface area contributed by atoms with Gasteiger partial charge in [-0.25, -0.2) is 0 Å². The van der Waals surface area contributed by atoms with Gasteiger partial charge in [-0.3, -0.25) is 29.3 Å². The van der Waals surface area contributed by atoms with Crippen molar-refractivity contribution in [2.75, 3.05) is 7.05 Å². The average Bonchev–Trinajstić information content (AvgIpc) is 3.15. The van der Waals surface area contributed by atoms with E-state index in [1.807, 2.05) is 18.2 Å². The van der Waals surface area contributed by atoms with E-state index in [1.165, 1.54) is 9.80 Å².